The molecule has 2 aromatic heterocycles. The molecule has 0 atom stereocenters. The Morgan fingerprint density at radius 1 is 1.06 bits per heavy atom. The van der Waals surface area contributed by atoms with Gasteiger partial charge in [-0.1, -0.05) is 65.4 Å². The first-order chi connectivity index (χ1) is 17.7. The Kier molecular flexibility index (Phi) is 7.82. The van der Waals surface area contributed by atoms with Crippen molar-refractivity contribution < 1.29 is 4.79 Å². The van der Waals surface area contributed by atoms with E-state index in [1.165, 1.54) is 42.4 Å². The molecule has 184 valence electrons. The number of aromatic nitrogens is 3. The van der Waals surface area contributed by atoms with Gasteiger partial charge in [-0.05, 0) is 74.4 Å². The zero-order chi connectivity index (χ0) is 24.7. The molecule has 2 aromatic carbocycles. The van der Waals surface area contributed by atoms with E-state index in [2.05, 4.69) is 52.1 Å². The fourth-order valence-electron chi connectivity index (χ4n) is 4.65. The van der Waals surface area contributed by atoms with Crippen LogP contribution in [-0.2, 0) is 12.3 Å². The first-order valence-corrected chi connectivity index (χ1v) is 13.7. The number of amides is 1. The molecule has 0 aliphatic heterocycles. The van der Waals surface area contributed by atoms with Crippen LogP contribution in [0.2, 0.25) is 0 Å². The van der Waals surface area contributed by atoms with Crippen molar-refractivity contribution in [3.63, 3.8) is 0 Å². The van der Waals surface area contributed by atoms with Crippen molar-refractivity contribution in [2.75, 3.05) is 6.54 Å². The van der Waals surface area contributed by atoms with Gasteiger partial charge in [0, 0.05) is 24.1 Å². The number of fused-ring (bicyclic) bond motifs is 1. The van der Waals surface area contributed by atoms with Crippen molar-refractivity contribution in [3.8, 4) is 0 Å². The summed E-state index contributed by atoms with van der Waals surface area (Å²) < 4.78 is 2.17. The lowest BCUT2D eigenvalue weighted by Gasteiger charge is -2.13. The second kappa shape index (κ2) is 11.6. The van der Waals surface area contributed by atoms with E-state index in [9.17, 15) is 4.79 Å². The topological polar surface area (TPSA) is 59.8 Å². The number of rotatable bonds is 9. The monoisotopic (exact) mass is 496 g/mol. The number of nitrogens with zero attached hydrogens (tertiary/aromatic N) is 3. The average Bonchev–Trinajstić information content (AvgIpc) is 3.25. The zero-order valence-corrected chi connectivity index (χ0v) is 21.6. The van der Waals surface area contributed by atoms with Crippen molar-refractivity contribution in [1.82, 2.24) is 19.9 Å². The highest BCUT2D eigenvalue weighted by molar-refractivity contribution is 7.98. The van der Waals surface area contributed by atoms with Crippen molar-refractivity contribution in [2.45, 2.75) is 56.5 Å². The quantitative estimate of drug-likeness (QED) is 0.207. The molecular formula is C30H32N4OS. The third-order valence-electron chi connectivity index (χ3n) is 6.59. The van der Waals surface area contributed by atoms with Gasteiger partial charge in [-0.3, -0.25) is 9.36 Å². The standard InChI is InChI=1S/C30H32N4OS/c1-22-7-5-10-25(19-22)21-36-30-33-27-11-6-17-31-28(27)34(30)20-24-12-14-26(15-13-24)29(35)32-18-16-23-8-3-2-4-9-23/h5-8,10-15,17,19H,2-4,9,16,18,20-21H2,1H3,(H,32,35). The summed E-state index contributed by atoms with van der Waals surface area (Å²) in [6.45, 7) is 3.46. The Bertz CT molecular complexity index is 1370. The van der Waals surface area contributed by atoms with Gasteiger partial charge in [0.05, 0.1) is 6.54 Å². The van der Waals surface area contributed by atoms with Crippen molar-refractivity contribution in [3.05, 3.63) is 101 Å². The van der Waals surface area contributed by atoms with Gasteiger partial charge >= 0.3 is 0 Å². The van der Waals surface area contributed by atoms with E-state index in [1.54, 1.807) is 11.8 Å². The van der Waals surface area contributed by atoms with E-state index in [4.69, 9.17) is 4.98 Å². The molecule has 6 heteroatoms. The Morgan fingerprint density at radius 3 is 2.75 bits per heavy atom. The SMILES string of the molecule is Cc1cccc(CSc2nc3cccnc3n2Cc2ccc(C(=O)NCCC3=CCCCC3)cc2)c1. The fraction of sp³-hybridized carbons (Fsp3) is 0.300. The maximum atomic E-state index is 12.6. The van der Waals surface area contributed by atoms with Gasteiger partial charge in [0.15, 0.2) is 10.8 Å². The highest BCUT2D eigenvalue weighted by Crippen LogP contribution is 2.27. The minimum atomic E-state index is -0.0119. The predicted octanol–water partition coefficient (Wildman–Crippen LogP) is 6.70. The van der Waals surface area contributed by atoms with Gasteiger partial charge in [-0.15, -0.1) is 0 Å². The van der Waals surface area contributed by atoms with Crippen molar-refractivity contribution >= 4 is 28.8 Å². The molecule has 5 rings (SSSR count). The molecule has 1 N–H and O–H groups in total. The van der Waals surface area contributed by atoms with Gasteiger partial charge in [-0.25, -0.2) is 9.97 Å². The van der Waals surface area contributed by atoms with Crippen LogP contribution >= 0.6 is 11.8 Å². The number of imidazole rings is 1. The number of hydrogen-bond donors (Lipinski definition) is 1. The van der Waals surface area contributed by atoms with E-state index in [-0.39, 0.29) is 5.91 Å². The lowest BCUT2D eigenvalue weighted by Crippen LogP contribution is -2.24. The third kappa shape index (κ3) is 6.05. The molecule has 0 fully saturated rings. The van der Waals surface area contributed by atoms with Crippen LogP contribution in [0.25, 0.3) is 11.2 Å². The molecule has 0 radical (unpaired) electrons. The Balaban J connectivity index is 1.26. The fourth-order valence-corrected chi connectivity index (χ4v) is 5.60. The second-order valence-electron chi connectivity index (χ2n) is 9.42. The summed E-state index contributed by atoms with van der Waals surface area (Å²) >= 11 is 1.73. The summed E-state index contributed by atoms with van der Waals surface area (Å²) in [4.78, 5) is 22.1. The minimum absolute atomic E-state index is 0.0119. The average molecular weight is 497 g/mol. The number of aryl methyl sites for hydroxylation is 1. The Labute approximate surface area is 217 Å². The highest BCUT2D eigenvalue weighted by atomic mass is 32.2. The van der Waals surface area contributed by atoms with Gasteiger partial charge < -0.3 is 5.32 Å². The molecule has 0 unspecified atom stereocenters. The number of pyridine rings is 1. The van der Waals surface area contributed by atoms with E-state index >= 15 is 0 Å². The lowest BCUT2D eigenvalue weighted by molar-refractivity contribution is 0.0954. The van der Waals surface area contributed by atoms with Crippen molar-refractivity contribution in [1.29, 1.82) is 0 Å². The van der Waals surface area contributed by atoms with E-state index in [1.807, 2.05) is 42.6 Å². The van der Waals surface area contributed by atoms with Crippen LogP contribution in [0.3, 0.4) is 0 Å². The van der Waals surface area contributed by atoms with Gasteiger partial charge in [-0.2, -0.15) is 0 Å². The number of nitrogens with one attached hydrogen (secondary N) is 1. The number of thioether (sulfide) groups is 1. The molecule has 36 heavy (non-hydrogen) atoms. The van der Waals surface area contributed by atoms with Crippen LogP contribution in [0, 0.1) is 6.92 Å². The maximum absolute atomic E-state index is 12.6. The third-order valence-corrected chi connectivity index (χ3v) is 7.64. The predicted molar refractivity (Wildman–Crippen MR) is 147 cm³/mol. The summed E-state index contributed by atoms with van der Waals surface area (Å²) in [5.74, 6) is 0.836. The smallest absolute Gasteiger partial charge is 0.251 e. The Hall–Kier alpha value is -3.38. The zero-order valence-electron chi connectivity index (χ0n) is 20.7. The first-order valence-electron chi connectivity index (χ1n) is 12.7. The first kappa shape index (κ1) is 24.3. The van der Waals surface area contributed by atoms with Crippen LogP contribution in [-0.4, -0.2) is 27.0 Å². The molecule has 1 aliphatic rings. The Morgan fingerprint density at radius 2 is 1.94 bits per heavy atom. The van der Waals surface area contributed by atoms with Crippen LogP contribution in [0.1, 0.15) is 59.2 Å². The van der Waals surface area contributed by atoms with E-state index in [0.29, 0.717) is 18.7 Å². The summed E-state index contributed by atoms with van der Waals surface area (Å²) in [6, 6.07) is 20.4. The highest BCUT2D eigenvalue weighted by Gasteiger charge is 2.14. The van der Waals surface area contributed by atoms with E-state index in [0.717, 1.165) is 34.1 Å². The van der Waals surface area contributed by atoms with Gasteiger partial charge in [0.2, 0.25) is 0 Å². The number of carbonyl (C=O) groups is 1. The van der Waals surface area contributed by atoms with Gasteiger partial charge in [0.25, 0.3) is 5.91 Å². The molecule has 1 aliphatic carbocycles. The maximum Gasteiger partial charge on any atom is 0.251 e. The summed E-state index contributed by atoms with van der Waals surface area (Å²) in [5, 5.41) is 4.02. The molecule has 1 amide bonds. The lowest BCUT2D eigenvalue weighted by atomic mass is 9.97. The number of benzene rings is 2. The second-order valence-corrected chi connectivity index (χ2v) is 10.4. The van der Waals surface area contributed by atoms with E-state index < -0.39 is 0 Å². The minimum Gasteiger partial charge on any atom is -0.352 e. The number of hydrogen-bond acceptors (Lipinski definition) is 4. The number of carbonyl (C=O) groups excluding carboxylic acids is 1. The van der Waals surface area contributed by atoms with Crippen LogP contribution in [0.15, 0.2) is 83.7 Å². The summed E-state index contributed by atoms with van der Waals surface area (Å²) in [6.07, 6.45) is 10.0. The molecule has 0 spiro atoms. The van der Waals surface area contributed by atoms with Gasteiger partial charge in [0.1, 0.15) is 5.52 Å². The molecule has 5 nitrogen and oxygen atoms in total. The number of allylic oxidation sites excluding steroid dienone is 1. The summed E-state index contributed by atoms with van der Waals surface area (Å²) in [7, 11) is 0. The van der Waals surface area contributed by atoms with Crippen molar-refractivity contribution in [2.24, 2.45) is 0 Å². The van der Waals surface area contributed by atoms with Crippen LogP contribution in [0.5, 0.6) is 0 Å². The summed E-state index contributed by atoms with van der Waals surface area (Å²) in [5.41, 5.74) is 7.60. The molecular weight excluding hydrogens is 464 g/mol. The molecule has 0 saturated carbocycles. The van der Waals surface area contributed by atoms with Crippen LogP contribution in [0.4, 0.5) is 0 Å². The largest absolute Gasteiger partial charge is 0.352 e. The molecule has 0 saturated heterocycles. The molecule has 4 aromatic rings. The molecule has 0 bridgehead atoms. The molecule has 2 heterocycles. The van der Waals surface area contributed by atoms with Crippen LogP contribution < -0.4 is 5.32 Å². The normalized spacial score (nSPS) is 13.5.